The summed E-state index contributed by atoms with van der Waals surface area (Å²) >= 11 is 0. The largest absolute Gasteiger partial charge is 0.454 e. The van der Waals surface area contributed by atoms with Crippen molar-refractivity contribution in [3.05, 3.63) is 0 Å². The predicted molar refractivity (Wildman–Crippen MR) is 118 cm³/mol. The first kappa shape index (κ1) is 32.2. The molecule has 0 unspecified atom stereocenters. The molecule has 198 valence electrons. The quantitative estimate of drug-likeness (QED) is 0.0741. The number of ether oxygens (including phenoxy) is 10. The summed E-state index contributed by atoms with van der Waals surface area (Å²) in [6.07, 6.45) is 0. The lowest BCUT2D eigenvalue weighted by Gasteiger charge is -2.06. The van der Waals surface area contributed by atoms with Crippen LogP contribution >= 0.6 is 0 Å². The molecule has 0 aliphatic carbocycles. The monoisotopic (exact) mass is 494 g/mol. The summed E-state index contributed by atoms with van der Waals surface area (Å²) in [4.78, 5) is 22.9. The minimum atomic E-state index is -0.843. The molecule has 0 aromatic carbocycles. The number of methoxy groups -OCH3 is 2. The summed E-state index contributed by atoms with van der Waals surface area (Å²) in [5, 5.41) is 0. The van der Waals surface area contributed by atoms with Crippen molar-refractivity contribution >= 4 is 11.9 Å². The lowest BCUT2D eigenvalue weighted by atomic mass is 10.5. The Morgan fingerprint density at radius 1 is 0.412 bits per heavy atom. The van der Waals surface area contributed by atoms with Gasteiger partial charge in [-0.05, 0) is 0 Å². The molecule has 0 rings (SSSR count). The zero-order chi connectivity index (χ0) is 25.0. The van der Waals surface area contributed by atoms with Gasteiger partial charge in [0, 0.05) is 26.1 Å². The van der Waals surface area contributed by atoms with Gasteiger partial charge in [-0.15, -0.1) is 0 Å². The second kappa shape index (κ2) is 27.4. The first-order valence-corrected chi connectivity index (χ1v) is 11.0. The van der Waals surface area contributed by atoms with Crippen LogP contribution in [-0.4, -0.2) is 132 Å². The molecule has 12 heteroatoms. The molecule has 34 heavy (non-hydrogen) atoms. The molecule has 0 aliphatic heterocycles. The smallest absolute Gasteiger partial charge is 0.385 e. The SMILES string of the molecule is COCCOCCOCCOCCOC(=O)C#CC(=O)OCCOCCOCCOCCOC. The summed E-state index contributed by atoms with van der Waals surface area (Å²) < 4.78 is 50.9. The Kier molecular flexibility index (Phi) is 26.0. The standard InChI is InChI=1S/C22H38O12/c1-25-5-7-27-9-11-29-13-15-31-17-19-33-21(23)3-4-22(24)34-20-18-32-16-14-30-12-10-28-8-6-26-2/h5-20H2,1-2H3. The highest BCUT2D eigenvalue weighted by Gasteiger charge is 2.01. The first-order chi connectivity index (χ1) is 16.7. The zero-order valence-electron chi connectivity index (χ0n) is 20.2. The maximum atomic E-state index is 11.4. The molecular formula is C22H38O12. The van der Waals surface area contributed by atoms with Crippen LogP contribution < -0.4 is 0 Å². The van der Waals surface area contributed by atoms with E-state index in [1.165, 1.54) is 0 Å². The molecule has 0 atom stereocenters. The Labute approximate surface area is 201 Å². The van der Waals surface area contributed by atoms with Gasteiger partial charge in [-0.1, -0.05) is 0 Å². The van der Waals surface area contributed by atoms with Crippen molar-refractivity contribution in [3.8, 4) is 11.8 Å². The van der Waals surface area contributed by atoms with Crippen molar-refractivity contribution in [3.63, 3.8) is 0 Å². The Balaban J connectivity index is 3.41. The van der Waals surface area contributed by atoms with Gasteiger partial charge >= 0.3 is 11.9 Å². The normalized spacial score (nSPS) is 10.5. The average Bonchev–Trinajstić information content (AvgIpc) is 2.84. The second-order valence-electron chi connectivity index (χ2n) is 6.18. The van der Waals surface area contributed by atoms with Crippen molar-refractivity contribution in [2.24, 2.45) is 0 Å². The fraction of sp³-hybridized carbons (Fsp3) is 0.818. The highest BCUT2D eigenvalue weighted by Crippen LogP contribution is 1.86. The van der Waals surface area contributed by atoms with E-state index in [0.29, 0.717) is 79.3 Å². The Morgan fingerprint density at radius 2 is 0.647 bits per heavy atom. The molecular weight excluding hydrogens is 456 g/mol. The van der Waals surface area contributed by atoms with Crippen molar-refractivity contribution < 1.29 is 57.0 Å². The lowest BCUT2D eigenvalue weighted by molar-refractivity contribution is -0.140. The van der Waals surface area contributed by atoms with E-state index < -0.39 is 11.9 Å². The second-order valence-corrected chi connectivity index (χ2v) is 6.18. The average molecular weight is 495 g/mol. The zero-order valence-corrected chi connectivity index (χ0v) is 20.2. The first-order valence-electron chi connectivity index (χ1n) is 11.0. The van der Waals surface area contributed by atoms with Crippen LogP contribution in [-0.2, 0) is 57.0 Å². The third-order valence-corrected chi connectivity index (χ3v) is 3.54. The molecule has 0 aliphatic rings. The number of hydrogen-bond acceptors (Lipinski definition) is 12. The van der Waals surface area contributed by atoms with Gasteiger partial charge in [-0.25, -0.2) is 9.59 Å². The van der Waals surface area contributed by atoms with Crippen molar-refractivity contribution in [1.29, 1.82) is 0 Å². The fourth-order valence-corrected chi connectivity index (χ4v) is 1.93. The maximum absolute atomic E-state index is 11.4. The molecule has 12 nitrogen and oxygen atoms in total. The highest BCUT2D eigenvalue weighted by molar-refractivity contribution is 5.98. The van der Waals surface area contributed by atoms with Gasteiger partial charge in [0.1, 0.15) is 13.2 Å². The van der Waals surface area contributed by atoms with Crippen LogP contribution in [0.3, 0.4) is 0 Å². The molecule has 0 bridgehead atoms. The molecule has 0 radical (unpaired) electrons. The minimum Gasteiger partial charge on any atom is -0.454 e. The molecule has 0 aromatic heterocycles. The number of rotatable bonds is 24. The Bertz CT molecular complexity index is 488. The molecule has 0 fully saturated rings. The van der Waals surface area contributed by atoms with Gasteiger partial charge in [-0.3, -0.25) is 0 Å². The topological polar surface area (TPSA) is 126 Å². The van der Waals surface area contributed by atoms with Crippen LogP contribution in [0.4, 0.5) is 0 Å². The molecule has 0 N–H and O–H groups in total. The Morgan fingerprint density at radius 3 is 0.912 bits per heavy atom. The predicted octanol–water partition coefficient (Wildman–Crippen LogP) is -0.531. The van der Waals surface area contributed by atoms with Crippen molar-refractivity contribution in [1.82, 2.24) is 0 Å². The van der Waals surface area contributed by atoms with Crippen LogP contribution in [0, 0.1) is 11.8 Å². The maximum Gasteiger partial charge on any atom is 0.385 e. The number of esters is 2. The van der Waals surface area contributed by atoms with Gasteiger partial charge in [0.15, 0.2) is 0 Å². The Hall–Kier alpha value is -1.82. The molecule has 0 amide bonds. The third-order valence-electron chi connectivity index (χ3n) is 3.54. The fourth-order valence-electron chi connectivity index (χ4n) is 1.93. The molecule has 0 aromatic rings. The van der Waals surface area contributed by atoms with Crippen molar-refractivity contribution in [2.75, 3.05) is 120 Å². The lowest BCUT2D eigenvalue weighted by Crippen LogP contribution is -2.14. The minimum absolute atomic E-state index is 0.0118. The van der Waals surface area contributed by atoms with E-state index in [2.05, 4.69) is 0 Å². The van der Waals surface area contributed by atoms with E-state index in [-0.39, 0.29) is 26.4 Å². The van der Waals surface area contributed by atoms with Crippen LogP contribution in [0.25, 0.3) is 0 Å². The van der Waals surface area contributed by atoms with Crippen LogP contribution in [0.5, 0.6) is 0 Å². The molecule has 0 spiro atoms. The van der Waals surface area contributed by atoms with E-state index >= 15 is 0 Å². The summed E-state index contributed by atoms with van der Waals surface area (Å²) in [5.74, 6) is 2.41. The summed E-state index contributed by atoms with van der Waals surface area (Å²) in [5.41, 5.74) is 0. The summed E-state index contributed by atoms with van der Waals surface area (Å²) in [6.45, 7) is 5.93. The van der Waals surface area contributed by atoms with Crippen molar-refractivity contribution in [2.45, 2.75) is 0 Å². The highest BCUT2D eigenvalue weighted by atomic mass is 16.6. The van der Waals surface area contributed by atoms with Gasteiger partial charge in [0.25, 0.3) is 0 Å². The number of hydrogen-bond donors (Lipinski definition) is 0. The van der Waals surface area contributed by atoms with E-state index in [4.69, 9.17) is 47.4 Å². The van der Waals surface area contributed by atoms with E-state index in [1.54, 1.807) is 14.2 Å². The van der Waals surface area contributed by atoms with Gasteiger partial charge in [0.2, 0.25) is 0 Å². The van der Waals surface area contributed by atoms with Gasteiger partial charge in [-0.2, -0.15) is 0 Å². The molecule has 0 heterocycles. The number of carbonyl (C=O) groups is 2. The van der Waals surface area contributed by atoms with Crippen LogP contribution in [0.2, 0.25) is 0 Å². The van der Waals surface area contributed by atoms with Gasteiger partial charge < -0.3 is 47.4 Å². The van der Waals surface area contributed by atoms with E-state index in [1.807, 2.05) is 11.8 Å². The van der Waals surface area contributed by atoms with Crippen LogP contribution in [0.15, 0.2) is 0 Å². The summed E-state index contributed by atoms with van der Waals surface area (Å²) in [7, 11) is 3.22. The van der Waals surface area contributed by atoms with Gasteiger partial charge in [0.05, 0.1) is 92.5 Å². The van der Waals surface area contributed by atoms with Crippen LogP contribution in [0.1, 0.15) is 0 Å². The number of carbonyl (C=O) groups excluding carboxylic acids is 2. The van der Waals surface area contributed by atoms with E-state index in [0.717, 1.165) is 0 Å². The third kappa shape index (κ3) is 26.4. The molecule has 0 saturated heterocycles. The molecule has 0 saturated carbocycles. The summed E-state index contributed by atoms with van der Waals surface area (Å²) in [6, 6.07) is 0. The van der Waals surface area contributed by atoms with E-state index in [9.17, 15) is 9.59 Å².